The van der Waals surface area contributed by atoms with Crippen molar-refractivity contribution in [1.29, 1.82) is 0 Å². The molecule has 0 unspecified atom stereocenters. The molecule has 21 heavy (non-hydrogen) atoms. The maximum atomic E-state index is 12.2. The normalized spacial score (nSPS) is 11.0. The Bertz CT molecular complexity index is 640. The van der Waals surface area contributed by atoms with Crippen LogP contribution in [-0.4, -0.2) is 19.6 Å². The monoisotopic (exact) mass is 278 g/mol. The van der Waals surface area contributed by atoms with Gasteiger partial charge in [-0.1, -0.05) is 44.2 Å². The van der Waals surface area contributed by atoms with Crippen molar-refractivity contribution < 1.29 is 14.3 Å². The van der Waals surface area contributed by atoms with Gasteiger partial charge in [-0.2, -0.15) is 0 Å². The second kappa shape index (κ2) is 5.96. The van der Waals surface area contributed by atoms with Crippen LogP contribution in [0.4, 0.5) is 0 Å². The van der Waals surface area contributed by atoms with Gasteiger partial charge in [-0.05, 0) is 24.3 Å². The van der Waals surface area contributed by atoms with Crippen LogP contribution < -0.4 is 4.74 Å². The predicted octanol–water partition coefficient (Wildman–Crippen LogP) is 3.19. The van der Waals surface area contributed by atoms with Gasteiger partial charge in [-0.25, -0.2) is 0 Å². The predicted molar refractivity (Wildman–Crippen MR) is 81.7 cm³/mol. The van der Waals surface area contributed by atoms with Crippen LogP contribution in [0.2, 0.25) is 5.31 Å². The molecule has 2 aromatic carbocycles. The maximum Gasteiger partial charge on any atom is 0.307 e. The van der Waals surface area contributed by atoms with Crippen LogP contribution in [0.1, 0.15) is 29.8 Å². The molecule has 0 saturated carbocycles. The van der Waals surface area contributed by atoms with E-state index in [9.17, 15) is 9.59 Å². The molecule has 4 heteroatoms. The fraction of sp³-hybridized carbons (Fsp3) is 0.176. The number of esters is 1. The molecule has 0 N–H and O–H groups in total. The number of ether oxygens (including phenoxy) is 1. The lowest BCUT2D eigenvalue weighted by Crippen LogP contribution is -2.22. The summed E-state index contributed by atoms with van der Waals surface area (Å²) in [5.41, 5.74) is 1.15. The molecule has 0 bridgehead atoms. The molecule has 0 aliphatic heterocycles. The minimum atomic E-state index is -1.06. The van der Waals surface area contributed by atoms with E-state index in [0.29, 0.717) is 16.9 Å². The number of benzene rings is 2. The fourth-order valence-electron chi connectivity index (χ4n) is 1.67. The number of carbonyl (C=O) groups is 2. The van der Waals surface area contributed by atoms with Crippen LogP contribution >= 0.6 is 0 Å². The molecule has 0 atom stereocenters. The van der Waals surface area contributed by atoms with E-state index in [1.54, 1.807) is 50.2 Å². The number of carbonyl (C=O) groups excluding carboxylic acids is 2. The van der Waals surface area contributed by atoms with Crippen LogP contribution in [0.3, 0.4) is 0 Å². The Hall–Kier alpha value is -2.36. The van der Waals surface area contributed by atoms with Crippen molar-refractivity contribution in [3.8, 4) is 5.75 Å². The molecule has 0 aromatic heterocycles. The third-order valence-electron chi connectivity index (χ3n) is 2.89. The summed E-state index contributed by atoms with van der Waals surface area (Å²) in [5, 5.41) is -1.06. The molecule has 0 heterocycles. The van der Waals surface area contributed by atoms with Gasteiger partial charge in [0.25, 0.3) is 0 Å². The van der Waals surface area contributed by atoms with Gasteiger partial charge in [-0.3, -0.25) is 9.59 Å². The topological polar surface area (TPSA) is 43.4 Å². The van der Waals surface area contributed by atoms with Crippen molar-refractivity contribution in [3.63, 3.8) is 0 Å². The highest BCUT2D eigenvalue weighted by Crippen LogP contribution is 2.23. The van der Waals surface area contributed by atoms with E-state index in [0.717, 1.165) is 0 Å². The molecule has 2 aromatic rings. The molecule has 2 rings (SSSR count). The Morgan fingerprint density at radius 3 is 1.95 bits per heavy atom. The van der Waals surface area contributed by atoms with Gasteiger partial charge in [0.1, 0.15) is 5.75 Å². The third-order valence-corrected chi connectivity index (χ3v) is 2.89. The van der Waals surface area contributed by atoms with Crippen molar-refractivity contribution in [2.45, 2.75) is 19.2 Å². The Labute approximate surface area is 125 Å². The summed E-state index contributed by atoms with van der Waals surface area (Å²) in [6, 6.07) is 15.4. The highest BCUT2D eigenvalue weighted by Gasteiger charge is 2.23. The Morgan fingerprint density at radius 1 is 0.905 bits per heavy atom. The Kier molecular flexibility index (Phi) is 4.27. The minimum Gasteiger partial charge on any atom is -0.427 e. The average Bonchev–Trinajstić information content (AvgIpc) is 2.47. The van der Waals surface area contributed by atoms with Crippen molar-refractivity contribution in [2.24, 2.45) is 0 Å². The maximum absolute atomic E-state index is 12.2. The highest BCUT2D eigenvalue weighted by molar-refractivity contribution is 6.26. The zero-order valence-corrected chi connectivity index (χ0v) is 12.0. The summed E-state index contributed by atoms with van der Waals surface area (Å²) >= 11 is 0. The summed E-state index contributed by atoms with van der Waals surface area (Å²) in [6.07, 6.45) is 0. The Morgan fingerprint density at radius 2 is 1.43 bits per heavy atom. The van der Waals surface area contributed by atoms with Gasteiger partial charge in [0.15, 0.2) is 5.78 Å². The molecule has 3 nitrogen and oxygen atoms in total. The van der Waals surface area contributed by atoms with Crippen LogP contribution in [0, 0.1) is 0 Å². The molecule has 0 spiro atoms. The number of rotatable bonds is 4. The summed E-state index contributed by atoms with van der Waals surface area (Å²) in [5.74, 6) is -0.236. The van der Waals surface area contributed by atoms with E-state index in [1.165, 1.54) is 0 Å². The van der Waals surface area contributed by atoms with Gasteiger partial charge in [0, 0.05) is 16.4 Å². The summed E-state index contributed by atoms with van der Waals surface area (Å²) < 4.78 is 5.14. The standard InChI is InChI=1S/C17H15BO3/c1-17(2,18)16(20)21-14-10-8-13(9-11-14)15(19)12-6-4-3-5-7-12/h3-11H,1-2H3. The first kappa shape index (κ1) is 15.0. The number of ketones is 1. The molecule has 0 aliphatic rings. The van der Waals surface area contributed by atoms with E-state index in [4.69, 9.17) is 12.6 Å². The van der Waals surface area contributed by atoms with E-state index < -0.39 is 11.3 Å². The van der Waals surface area contributed by atoms with E-state index in [-0.39, 0.29) is 5.78 Å². The molecule has 0 fully saturated rings. The van der Waals surface area contributed by atoms with E-state index in [2.05, 4.69) is 0 Å². The first-order chi connectivity index (χ1) is 9.88. The SMILES string of the molecule is [B]C(C)(C)C(=O)Oc1ccc(C(=O)c2ccccc2)cc1. The summed E-state index contributed by atoms with van der Waals surface area (Å²) in [7, 11) is 5.65. The largest absolute Gasteiger partial charge is 0.427 e. The lowest BCUT2D eigenvalue weighted by atomic mass is 9.73. The molecule has 0 aliphatic carbocycles. The molecule has 0 amide bonds. The van der Waals surface area contributed by atoms with Crippen molar-refractivity contribution >= 4 is 19.6 Å². The lowest BCUT2D eigenvalue weighted by molar-refractivity contribution is -0.136. The first-order valence-corrected chi connectivity index (χ1v) is 6.59. The number of hydrogen-bond donors (Lipinski definition) is 0. The molecular weight excluding hydrogens is 263 g/mol. The third kappa shape index (κ3) is 3.82. The zero-order chi connectivity index (χ0) is 15.5. The molecule has 2 radical (unpaired) electrons. The minimum absolute atomic E-state index is 0.0763. The number of hydrogen-bond acceptors (Lipinski definition) is 3. The average molecular weight is 278 g/mol. The van der Waals surface area contributed by atoms with E-state index in [1.807, 2.05) is 18.2 Å². The molecule has 0 saturated heterocycles. The van der Waals surface area contributed by atoms with Crippen LogP contribution in [-0.2, 0) is 4.79 Å². The van der Waals surface area contributed by atoms with E-state index >= 15 is 0 Å². The second-order valence-corrected chi connectivity index (χ2v) is 5.33. The zero-order valence-electron chi connectivity index (χ0n) is 12.0. The smallest absolute Gasteiger partial charge is 0.307 e. The van der Waals surface area contributed by atoms with Gasteiger partial charge in [0.2, 0.25) is 0 Å². The van der Waals surface area contributed by atoms with Crippen molar-refractivity contribution in [1.82, 2.24) is 0 Å². The summed E-state index contributed by atoms with van der Waals surface area (Å²) in [6.45, 7) is 3.14. The van der Waals surface area contributed by atoms with Crippen LogP contribution in [0.25, 0.3) is 0 Å². The Balaban J connectivity index is 2.13. The second-order valence-electron chi connectivity index (χ2n) is 5.33. The van der Waals surface area contributed by atoms with Crippen LogP contribution in [0.5, 0.6) is 5.75 Å². The molecular formula is C17H15BO3. The summed E-state index contributed by atoms with van der Waals surface area (Å²) in [4.78, 5) is 23.9. The quantitative estimate of drug-likeness (QED) is 0.373. The molecule has 104 valence electrons. The van der Waals surface area contributed by atoms with Gasteiger partial charge in [-0.15, -0.1) is 0 Å². The van der Waals surface area contributed by atoms with Crippen molar-refractivity contribution in [2.75, 3.05) is 0 Å². The van der Waals surface area contributed by atoms with Gasteiger partial charge < -0.3 is 4.74 Å². The van der Waals surface area contributed by atoms with Crippen LogP contribution in [0.15, 0.2) is 54.6 Å². The highest BCUT2D eigenvalue weighted by atomic mass is 16.5. The van der Waals surface area contributed by atoms with Gasteiger partial charge >= 0.3 is 5.97 Å². The lowest BCUT2D eigenvalue weighted by Gasteiger charge is -2.16. The van der Waals surface area contributed by atoms with Crippen molar-refractivity contribution in [3.05, 3.63) is 65.7 Å². The van der Waals surface area contributed by atoms with Gasteiger partial charge in [0.05, 0.1) is 7.85 Å². The first-order valence-electron chi connectivity index (χ1n) is 6.59. The fourth-order valence-corrected chi connectivity index (χ4v) is 1.67.